The van der Waals surface area contributed by atoms with Gasteiger partial charge in [0.1, 0.15) is 5.75 Å². The molecule has 0 saturated heterocycles. The smallest absolute Gasteiger partial charge is 0.120 e. The third kappa shape index (κ3) is 2.03. The molecule has 1 rings (SSSR count). The Hall–Kier alpha value is -0.500. The lowest BCUT2D eigenvalue weighted by Crippen LogP contribution is -1.90. The van der Waals surface area contributed by atoms with Gasteiger partial charge in [-0.2, -0.15) is 0 Å². The first kappa shape index (κ1) is 7.61. The molecule has 0 heterocycles. The monoisotopic (exact) mass is 199 g/mol. The first-order valence-corrected chi connectivity index (χ1v) is 3.92. The minimum absolute atomic E-state index is 0.705. The zero-order valence-electron chi connectivity index (χ0n) is 5.73. The van der Waals surface area contributed by atoms with Crippen LogP contribution in [0.2, 0.25) is 0 Å². The van der Waals surface area contributed by atoms with Crippen molar-refractivity contribution in [2.75, 3.05) is 6.61 Å². The standard InChI is InChI=1S/C8H8BrO/c1-2-10-8-5-3-4-7(9)6-8/h3,5-6H,2H2,1H3. The lowest BCUT2D eigenvalue weighted by molar-refractivity contribution is 0.340. The molecule has 1 radical (unpaired) electrons. The Morgan fingerprint density at radius 2 is 2.50 bits per heavy atom. The number of halogens is 1. The molecule has 0 aliphatic rings. The molecule has 2 heteroatoms. The van der Waals surface area contributed by atoms with E-state index in [0.29, 0.717) is 6.61 Å². The van der Waals surface area contributed by atoms with Crippen LogP contribution in [0.15, 0.2) is 22.7 Å². The van der Waals surface area contributed by atoms with E-state index in [1.54, 1.807) is 0 Å². The molecule has 0 atom stereocenters. The van der Waals surface area contributed by atoms with E-state index in [9.17, 15) is 0 Å². The van der Waals surface area contributed by atoms with Crippen LogP contribution in [-0.4, -0.2) is 6.61 Å². The summed E-state index contributed by atoms with van der Waals surface area (Å²) >= 11 is 3.30. The van der Waals surface area contributed by atoms with Crippen molar-refractivity contribution >= 4 is 15.9 Å². The van der Waals surface area contributed by atoms with Gasteiger partial charge in [-0.3, -0.25) is 0 Å². The van der Waals surface area contributed by atoms with Gasteiger partial charge >= 0.3 is 0 Å². The number of hydrogen-bond donors (Lipinski definition) is 0. The topological polar surface area (TPSA) is 9.23 Å². The van der Waals surface area contributed by atoms with E-state index < -0.39 is 0 Å². The Labute approximate surface area is 69.1 Å². The van der Waals surface area contributed by atoms with Gasteiger partial charge < -0.3 is 4.74 Å². The Kier molecular flexibility index (Phi) is 2.75. The maximum atomic E-state index is 5.24. The van der Waals surface area contributed by atoms with Gasteiger partial charge in [0.25, 0.3) is 0 Å². The zero-order valence-corrected chi connectivity index (χ0v) is 7.31. The zero-order chi connectivity index (χ0) is 7.40. The fraction of sp³-hybridized carbons (Fsp3) is 0.250. The predicted octanol–water partition coefficient (Wildman–Crippen LogP) is 2.65. The maximum absolute atomic E-state index is 5.24. The molecule has 0 N–H and O–H groups in total. The number of benzene rings is 1. The van der Waals surface area contributed by atoms with Crippen molar-refractivity contribution in [3.05, 3.63) is 28.7 Å². The van der Waals surface area contributed by atoms with E-state index >= 15 is 0 Å². The van der Waals surface area contributed by atoms with Crippen molar-refractivity contribution in [2.45, 2.75) is 6.92 Å². The lowest BCUT2D eigenvalue weighted by Gasteiger charge is -2.00. The van der Waals surface area contributed by atoms with Gasteiger partial charge in [-0.15, -0.1) is 0 Å². The highest BCUT2D eigenvalue weighted by atomic mass is 79.9. The van der Waals surface area contributed by atoms with Gasteiger partial charge in [0.15, 0.2) is 0 Å². The van der Waals surface area contributed by atoms with E-state index in [4.69, 9.17) is 4.74 Å². The van der Waals surface area contributed by atoms with Crippen LogP contribution in [0.4, 0.5) is 0 Å². The third-order valence-electron chi connectivity index (χ3n) is 1.05. The predicted molar refractivity (Wildman–Crippen MR) is 44.1 cm³/mol. The fourth-order valence-corrected chi connectivity index (χ4v) is 1.03. The van der Waals surface area contributed by atoms with Crippen molar-refractivity contribution in [3.8, 4) is 5.75 Å². The third-order valence-corrected chi connectivity index (χ3v) is 1.51. The average Bonchev–Trinajstić information content (AvgIpc) is 1.88. The molecule has 0 saturated carbocycles. The van der Waals surface area contributed by atoms with Crippen LogP contribution in [0.1, 0.15) is 6.92 Å². The fourth-order valence-electron chi connectivity index (χ4n) is 0.675. The highest BCUT2D eigenvalue weighted by Crippen LogP contribution is 2.16. The van der Waals surface area contributed by atoms with Crippen molar-refractivity contribution in [3.63, 3.8) is 0 Å². The average molecular weight is 200 g/mol. The Bertz CT molecular complexity index is 210. The SMILES string of the molecule is CCOc1cc[c]c(Br)c1. The summed E-state index contributed by atoms with van der Waals surface area (Å²) in [6.07, 6.45) is 0. The molecule has 0 aliphatic carbocycles. The molecular weight excluding hydrogens is 192 g/mol. The second kappa shape index (κ2) is 3.62. The van der Waals surface area contributed by atoms with Crippen LogP contribution in [0.25, 0.3) is 0 Å². The molecule has 10 heavy (non-hydrogen) atoms. The summed E-state index contributed by atoms with van der Waals surface area (Å²) in [6, 6.07) is 8.57. The van der Waals surface area contributed by atoms with Crippen molar-refractivity contribution in [2.24, 2.45) is 0 Å². The van der Waals surface area contributed by atoms with Crippen molar-refractivity contribution < 1.29 is 4.74 Å². The molecular formula is C8H8BrO. The van der Waals surface area contributed by atoms with E-state index in [1.165, 1.54) is 0 Å². The second-order valence-electron chi connectivity index (χ2n) is 1.81. The summed E-state index contributed by atoms with van der Waals surface area (Å²) in [4.78, 5) is 0. The molecule has 53 valence electrons. The summed E-state index contributed by atoms with van der Waals surface area (Å²) in [6.45, 7) is 2.67. The summed E-state index contributed by atoms with van der Waals surface area (Å²) in [7, 11) is 0. The minimum Gasteiger partial charge on any atom is -0.494 e. The van der Waals surface area contributed by atoms with Gasteiger partial charge in [-0.05, 0) is 31.2 Å². The van der Waals surface area contributed by atoms with E-state index in [-0.39, 0.29) is 0 Å². The molecule has 0 amide bonds. The van der Waals surface area contributed by atoms with E-state index in [2.05, 4.69) is 22.0 Å². The molecule has 1 aromatic carbocycles. The largest absolute Gasteiger partial charge is 0.494 e. The highest BCUT2D eigenvalue weighted by molar-refractivity contribution is 9.10. The normalized spacial score (nSPS) is 9.40. The highest BCUT2D eigenvalue weighted by Gasteiger charge is 1.90. The van der Waals surface area contributed by atoms with E-state index in [1.807, 2.05) is 25.1 Å². The van der Waals surface area contributed by atoms with Gasteiger partial charge in [0.05, 0.1) is 6.61 Å². The van der Waals surface area contributed by atoms with Crippen LogP contribution in [0, 0.1) is 6.07 Å². The van der Waals surface area contributed by atoms with Crippen LogP contribution >= 0.6 is 15.9 Å². The Balaban J connectivity index is 2.75. The maximum Gasteiger partial charge on any atom is 0.120 e. The van der Waals surface area contributed by atoms with Gasteiger partial charge in [-0.1, -0.05) is 15.9 Å². The lowest BCUT2D eigenvalue weighted by atomic mass is 10.3. The summed E-state index contributed by atoms with van der Waals surface area (Å²) in [5, 5.41) is 0. The molecule has 0 unspecified atom stereocenters. The van der Waals surface area contributed by atoms with Crippen LogP contribution in [-0.2, 0) is 0 Å². The first-order valence-electron chi connectivity index (χ1n) is 3.13. The summed E-state index contributed by atoms with van der Waals surface area (Å²) in [5.41, 5.74) is 0. The molecule has 1 aromatic rings. The van der Waals surface area contributed by atoms with Gasteiger partial charge in [0.2, 0.25) is 0 Å². The summed E-state index contributed by atoms with van der Waals surface area (Å²) < 4.78 is 6.17. The number of hydrogen-bond acceptors (Lipinski definition) is 1. The summed E-state index contributed by atoms with van der Waals surface area (Å²) in [5.74, 6) is 0.883. The first-order chi connectivity index (χ1) is 4.83. The molecule has 0 aromatic heterocycles. The van der Waals surface area contributed by atoms with Crippen molar-refractivity contribution in [1.29, 1.82) is 0 Å². The van der Waals surface area contributed by atoms with Gasteiger partial charge in [0, 0.05) is 4.47 Å². The van der Waals surface area contributed by atoms with Gasteiger partial charge in [-0.25, -0.2) is 0 Å². The van der Waals surface area contributed by atoms with Crippen molar-refractivity contribution in [1.82, 2.24) is 0 Å². The quantitative estimate of drug-likeness (QED) is 0.712. The number of ether oxygens (including phenoxy) is 1. The molecule has 1 nitrogen and oxygen atoms in total. The van der Waals surface area contributed by atoms with Crippen LogP contribution in [0.3, 0.4) is 0 Å². The second-order valence-corrected chi connectivity index (χ2v) is 2.66. The van der Waals surface area contributed by atoms with E-state index in [0.717, 1.165) is 10.2 Å². The molecule has 0 spiro atoms. The Morgan fingerprint density at radius 1 is 1.70 bits per heavy atom. The molecule has 0 fully saturated rings. The number of rotatable bonds is 2. The Morgan fingerprint density at radius 3 is 3.10 bits per heavy atom. The van der Waals surface area contributed by atoms with Crippen LogP contribution < -0.4 is 4.74 Å². The molecule has 0 bridgehead atoms. The minimum atomic E-state index is 0.705. The molecule has 0 aliphatic heterocycles. The van der Waals surface area contributed by atoms with Crippen LogP contribution in [0.5, 0.6) is 5.75 Å².